The van der Waals surface area contributed by atoms with Crippen molar-refractivity contribution in [2.75, 3.05) is 31.6 Å². The molecule has 1 N–H and O–H groups in total. The molecule has 0 spiro atoms. The summed E-state index contributed by atoms with van der Waals surface area (Å²) in [4.78, 5) is 1.98. The normalized spacial score (nSPS) is 12.5. The zero-order valence-corrected chi connectivity index (χ0v) is 11.0. The lowest BCUT2D eigenvalue weighted by Gasteiger charge is -2.24. The lowest BCUT2D eigenvalue weighted by molar-refractivity contribution is 0.509. The third-order valence-corrected chi connectivity index (χ3v) is 2.77. The molecule has 17 heavy (non-hydrogen) atoms. The molecule has 1 rings (SSSR count). The van der Waals surface area contributed by atoms with Crippen molar-refractivity contribution in [1.29, 1.82) is 0 Å². The summed E-state index contributed by atoms with van der Waals surface area (Å²) < 4.78 is 13.5. The summed E-state index contributed by atoms with van der Waals surface area (Å²) in [6.07, 6.45) is 1.15. The Bertz CT molecular complexity index is 328. The second-order valence-electron chi connectivity index (χ2n) is 4.64. The second-order valence-corrected chi connectivity index (χ2v) is 4.64. The van der Waals surface area contributed by atoms with Gasteiger partial charge in [0.2, 0.25) is 0 Å². The summed E-state index contributed by atoms with van der Waals surface area (Å²) in [7, 11) is 1.94. The maximum atomic E-state index is 13.5. The Morgan fingerprint density at radius 3 is 2.71 bits per heavy atom. The Morgan fingerprint density at radius 1 is 1.35 bits per heavy atom. The van der Waals surface area contributed by atoms with E-state index in [2.05, 4.69) is 19.2 Å². The van der Waals surface area contributed by atoms with Gasteiger partial charge in [0.1, 0.15) is 5.82 Å². The summed E-state index contributed by atoms with van der Waals surface area (Å²) in [5, 5.41) is 3.39. The molecular weight excluding hydrogens is 215 g/mol. The van der Waals surface area contributed by atoms with Crippen molar-refractivity contribution in [1.82, 2.24) is 5.32 Å². The fraction of sp³-hybridized carbons (Fsp3) is 0.571. The first-order chi connectivity index (χ1) is 8.15. The minimum absolute atomic E-state index is 0.149. The largest absolute Gasteiger partial charge is 0.372 e. The zero-order chi connectivity index (χ0) is 12.7. The molecule has 0 heterocycles. The van der Waals surface area contributed by atoms with Crippen molar-refractivity contribution in [3.05, 3.63) is 30.1 Å². The van der Waals surface area contributed by atoms with Crippen molar-refractivity contribution in [3.63, 3.8) is 0 Å². The van der Waals surface area contributed by atoms with Crippen LogP contribution in [0.1, 0.15) is 20.3 Å². The van der Waals surface area contributed by atoms with E-state index in [9.17, 15) is 4.39 Å². The Kier molecular flexibility index (Phi) is 5.98. The molecule has 0 aliphatic rings. The van der Waals surface area contributed by atoms with Crippen molar-refractivity contribution in [2.24, 2.45) is 5.92 Å². The number of halogens is 1. The maximum Gasteiger partial charge on any atom is 0.146 e. The van der Waals surface area contributed by atoms with E-state index in [4.69, 9.17) is 0 Å². The highest BCUT2D eigenvalue weighted by molar-refractivity contribution is 5.46. The molecule has 0 aliphatic heterocycles. The van der Waals surface area contributed by atoms with Gasteiger partial charge in [0.15, 0.2) is 0 Å². The van der Waals surface area contributed by atoms with Gasteiger partial charge in [-0.05, 0) is 37.6 Å². The van der Waals surface area contributed by atoms with Gasteiger partial charge >= 0.3 is 0 Å². The molecule has 0 amide bonds. The predicted molar refractivity (Wildman–Crippen MR) is 72.0 cm³/mol. The standard InChI is InChI=1S/C14H23FN2/c1-4-9-16-10-12(2)11-17(3)14-8-6-5-7-13(14)15/h5-8,12,16H,4,9-11H2,1-3H3. The monoisotopic (exact) mass is 238 g/mol. The van der Waals surface area contributed by atoms with Crippen LogP contribution in [0.15, 0.2) is 24.3 Å². The van der Waals surface area contributed by atoms with E-state index in [-0.39, 0.29) is 5.82 Å². The van der Waals surface area contributed by atoms with Crippen molar-refractivity contribution in [2.45, 2.75) is 20.3 Å². The average molecular weight is 238 g/mol. The highest BCUT2D eigenvalue weighted by atomic mass is 19.1. The molecule has 0 saturated carbocycles. The SMILES string of the molecule is CCCNCC(C)CN(C)c1ccccc1F. The van der Waals surface area contributed by atoms with Crippen LogP contribution in [0.5, 0.6) is 0 Å². The summed E-state index contributed by atoms with van der Waals surface area (Å²) >= 11 is 0. The van der Waals surface area contributed by atoms with Gasteiger partial charge < -0.3 is 10.2 Å². The molecule has 1 aromatic rings. The molecule has 3 heteroatoms. The number of anilines is 1. The van der Waals surface area contributed by atoms with Gasteiger partial charge in [0.05, 0.1) is 5.69 Å². The molecule has 0 saturated heterocycles. The molecular formula is C14H23FN2. The topological polar surface area (TPSA) is 15.3 Å². The van der Waals surface area contributed by atoms with Gasteiger partial charge in [-0.25, -0.2) is 4.39 Å². The van der Waals surface area contributed by atoms with Crippen LogP contribution in [0.25, 0.3) is 0 Å². The van der Waals surface area contributed by atoms with Crippen molar-refractivity contribution >= 4 is 5.69 Å². The van der Waals surface area contributed by atoms with Crippen LogP contribution in [-0.2, 0) is 0 Å². The second kappa shape index (κ2) is 7.28. The Morgan fingerprint density at radius 2 is 2.06 bits per heavy atom. The predicted octanol–water partition coefficient (Wildman–Crippen LogP) is 2.90. The average Bonchev–Trinajstić information content (AvgIpc) is 2.29. The summed E-state index contributed by atoms with van der Waals surface area (Å²) in [5.41, 5.74) is 0.676. The van der Waals surface area contributed by atoms with E-state index in [1.807, 2.05) is 24.1 Å². The molecule has 1 aromatic carbocycles. The van der Waals surface area contributed by atoms with Crippen LogP contribution in [0.3, 0.4) is 0 Å². The number of hydrogen-bond acceptors (Lipinski definition) is 2. The van der Waals surface area contributed by atoms with Crippen LogP contribution < -0.4 is 10.2 Å². The smallest absolute Gasteiger partial charge is 0.146 e. The van der Waals surface area contributed by atoms with Gasteiger partial charge in [0.25, 0.3) is 0 Å². The van der Waals surface area contributed by atoms with Gasteiger partial charge in [0, 0.05) is 13.6 Å². The quantitative estimate of drug-likeness (QED) is 0.735. The molecule has 1 atom stereocenters. The Hall–Kier alpha value is -1.09. The fourth-order valence-electron chi connectivity index (χ4n) is 1.92. The number of para-hydroxylation sites is 1. The minimum atomic E-state index is -0.149. The van der Waals surface area contributed by atoms with Crippen molar-refractivity contribution in [3.8, 4) is 0 Å². The summed E-state index contributed by atoms with van der Waals surface area (Å²) in [6, 6.07) is 6.92. The van der Waals surface area contributed by atoms with Crippen LogP contribution in [0.4, 0.5) is 10.1 Å². The van der Waals surface area contributed by atoms with E-state index in [1.165, 1.54) is 6.07 Å². The van der Waals surface area contributed by atoms with Crippen LogP contribution in [0, 0.1) is 11.7 Å². The third-order valence-electron chi connectivity index (χ3n) is 2.77. The van der Waals surface area contributed by atoms with Gasteiger partial charge in [-0.15, -0.1) is 0 Å². The van der Waals surface area contributed by atoms with E-state index >= 15 is 0 Å². The minimum Gasteiger partial charge on any atom is -0.372 e. The molecule has 96 valence electrons. The van der Waals surface area contributed by atoms with Crippen molar-refractivity contribution < 1.29 is 4.39 Å². The molecule has 0 bridgehead atoms. The van der Waals surface area contributed by atoms with Crippen LogP contribution in [0.2, 0.25) is 0 Å². The number of nitrogens with zero attached hydrogens (tertiary/aromatic N) is 1. The summed E-state index contributed by atoms with van der Waals surface area (Å²) in [5.74, 6) is 0.356. The number of rotatable bonds is 7. The Balaban J connectivity index is 2.43. The third kappa shape index (κ3) is 4.73. The maximum absolute atomic E-state index is 13.5. The summed E-state index contributed by atoms with van der Waals surface area (Å²) in [6.45, 7) is 7.22. The Labute approximate surface area is 104 Å². The van der Waals surface area contributed by atoms with Crippen LogP contribution >= 0.6 is 0 Å². The van der Waals surface area contributed by atoms with E-state index in [0.29, 0.717) is 11.6 Å². The van der Waals surface area contributed by atoms with E-state index in [0.717, 1.165) is 26.1 Å². The van der Waals surface area contributed by atoms with Gasteiger partial charge in [-0.3, -0.25) is 0 Å². The first-order valence-electron chi connectivity index (χ1n) is 6.31. The molecule has 1 unspecified atom stereocenters. The lowest BCUT2D eigenvalue weighted by atomic mass is 10.1. The fourth-order valence-corrected chi connectivity index (χ4v) is 1.92. The zero-order valence-electron chi connectivity index (χ0n) is 11.0. The molecule has 0 radical (unpaired) electrons. The lowest BCUT2D eigenvalue weighted by Crippen LogP contribution is -2.31. The highest BCUT2D eigenvalue weighted by Crippen LogP contribution is 2.17. The number of nitrogens with one attached hydrogen (secondary N) is 1. The highest BCUT2D eigenvalue weighted by Gasteiger charge is 2.10. The first kappa shape index (κ1) is 14.0. The first-order valence-corrected chi connectivity index (χ1v) is 6.31. The molecule has 0 aromatic heterocycles. The molecule has 0 aliphatic carbocycles. The van der Waals surface area contributed by atoms with E-state index in [1.54, 1.807) is 6.07 Å². The molecule has 2 nitrogen and oxygen atoms in total. The molecule has 0 fully saturated rings. The van der Waals surface area contributed by atoms with Gasteiger partial charge in [-0.2, -0.15) is 0 Å². The number of hydrogen-bond donors (Lipinski definition) is 1. The van der Waals surface area contributed by atoms with Crippen LogP contribution in [-0.4, -0.2) is 26.7 Å². The van der Waals surface area contributed by atoms with Gasteiger partial charge in [-0.1, -0.05) is 26.0 Å². The van der Waals surface area contributed by atoms with E-state index < -0.39 is 0 Å². The number of benzene rings is 1.